The number of carbonyl (C=O) groups is 1. The van der Waals surface area contributed by atoms with Crippen molar-refractivity contribution in [1.29, 1.82) is 0 Å². The Labute approximate surface area is 137 Å². The van der Waals surface area contributed by atoms with Gasteiger partial charge in [-0.05, 0) is 17.7 Å². The molecule has 21 heavy (non-hydrogen) atoms. The third-order valence-electron chi connectivity index (χ3n) is 2.67. The lowest BCUT2D eigenvalue weighted by atomic mass is 10.2. The molecular weight excluding hydrogens is 327 g/mol. The molecule has 6 heteroatoms. The second-order valence-corrected chi connectivity index (χ2v) is 6.19. The van der Waals surface area contributed by atoms with Gasteiger partial charge in [0.15, 0.2) is 0 Å². The van der Waals surface area contributed by atoms with E-state index in [2.05, 4.69) is 5.32 Å². The molecule has 0 aliphatic rings. The van der Waals surface area contributed by atoms with E-state index in [0.29, 0.717) is 27.2 Å². The third kappa shape index (κ3) is 4.84. The Hall–Kier alpha value is -1.36. The zero-order valence-electron chi connectivity index (χ0n) is 11.1. The molecule has 0 atom stereocenters. The summed E-state index contributed by atoms with van der Waals surface area (Å²) < 4.78 is 0. The number of amides is 1. The lowest BCUT2D eigenvalue weighted by Crippen LogP contribution is -2.15. The van der Waals surface area contributed by atoms with Crippen molar-refractivity contribution in [3.05, 3.63) is 58.1 Å². The first-order valence-corrected chi connectivity index (χ1v) is 8.13. The average molecular weight is 341 g/mol. The number of halogens is 2. The molecule has 0 aromatic heterocycles. The molecule has 0 saturated heterocycles. The van der Waals surface area contributed by atoms with Gasteiger partial charge in [-0.1, -0.05) is 53.5 Å². The smallest absolute Gasteiger partial charge is 0.234 e. The van der Waals surface area contributed by atoms with Crippen molar-refractivity contribution in [2.75, 3.05) is 16.8 Å². The predicted octanol–water partition coefficient (Wildman–Crippen LogP) is 4.45. The molecule has 2 aromatic rings. The SMILES string of the molecule is Nc1cc(Cl)c(NC(=O)CSCc2ccccc2)c(Cl)c1. The van der Waals surface area contributed by atoms with Crippen LogP contribution in [0.3, 0.4) is 0 Å². The number of hydrogen-bond donors (Lipinski definition) is 2. The summed E-state index contributed by atoms with van der Waals surface area (Å²) in [7, 11) is 0. The summed E-state index contributed by atoms with van der Waals surface area (Å²) in [5.41, 5.74) is 7.66. The molecule has 0 unspecified atom stereocenters. The van der Waals surface area contributed by atoms with Crippen LogP contribution in [0.5, 0.6) is 0 Å². The van der Waals surface area contributed by atoms with Crippen LogP contribution in [-0.2, 0) is 10.5 Å². The van der Waals surface area contributed by atoms with Crippen molar-refractivity contribution in [3.8, 4) is 0 Å². The highest BCUT2D eigenvalue weighted by molar-refractivity contribution is 7.99. The van der Waals surface area contributed by atoms with Gasteiger partial charge in [-0.2, -0.15) is 0 Å². The van der Waals surface area contributed by atoms with Gasteiger partial charge in [0.05, 0.1) is 21.5 Å². The molecule has 0 aliphatic heterocycles. The van der Waals surface area contributed by atoms with Crippen LogP contribution in [0.1, 0.15) is 5.56 Å². The molecule has 0 aliphatic carbocycles. The second kappa shape index (κ2) is 7.59. The molecule has 0 bridgehead atoms. The number of rotatable bonds is 5. The number of nitrogen functional groups attached to an aromatic ring is 1. The molecule has 0 spiro atoms. The topological polar surface area (TPSA) is 55.1 Å². The Balaban J connectivity index is 1.88. The van der Waals surface area contributed by atoms with Gasteiger partial charge >= 0.3 is 0 Å². The Morgan fingerprint density at radius 3 is 2.38 bits per heavy atom. The van der Waals surface area contributed by atoms with Crippen LogP contribution >= 0.6 is 35.0 Å². The van der Waals surface area contributed by atoms with Crippen LogP contribution in [-0.4, -0.2) is 11.7 Å². The van der Waals surface area contributed by atoms with Crippen molar-refractivity contribution in [3.63, 3.8) is 0 Å². The van der Waals surface area contributed by atoms with E-state index in [1.807, 2.05) is 30.3 Å². The Morgan fingerprint density at radius 1 is 1.14 bits per heavy atom. The lowest BCUT2D eigenvalue weighted by Gasteiger charge is -2.10. The molecule has 1 amide bonds. The molecule has 110 valence electrons. The van der Waals surface area contributed by atoms with E-state index >= 15 is 0 Å². The summed E-state index contributed by atoms with van der Waals surface area (Å²) in [6, 6.07) is 13.1. The zero-order chi connectivity index (χ0) is 15.2. The van der Waals surface area contributed by atoms with E-state index in [9.17, 15) is 4.79 Å². The minimum atomic E-state index is -0.149. The highest BCUT2D eigenvalue weighted by atomic mass is 35.5. The molecule has 0 fully saturated rings. The first-order valence-electron chi connectivity index (χ1n) is 6.22. The predicted molar refractivity (Wildman–Crippen MR) is 92.1 cm³/mol. The van der Waals surface area contributed by atoms with E-state index in [-0.39, 0.29) is 5.91 Å². The third-order valence-corrected chi connectivity index (χ3v) is 4.27. The minimum Gasteiger partial charge on any atom is -0.399 e. The number of hydrogen-bond acceptors (Lipinski definition) is 3. The highest BCUT2D eigenvalue weighted by Crippen LogP contribution is 2.32. The normalized spacial score (nSPS) is 10.4. The maximum absolute atomic E-state index is 11.9. The van der Waals surface area contributed by atoms with E-state index in [1.54, 1.807) is 12.1 Å². The van der Waals surface area contributed by atoms with E-state index in [0.717, 1.165) is 5.75 Å². The van der Waals surface area contributed by atoms with E-state index in [4.69, 9.17) is 28.9 Å². The maximum atomic E-state index is 11.9. The largest absolute Gasteiger partial charge is 0.399 e. The van der Waals surface area contributed by atoms with Gasteiger partial charge in [-0.3, -0.25) is 4.79 Å². The summed E-state index contributed by atoms with van der Waals surface area (Å²) in [5, 5.41) is 3.38. The number of nitrogens with one attached hydrogen (secondary N) is 1. The van der Waals surface area contributed by atoms with Gasteiger partial charge in [-0.15, -0.1) is 11.8 Å². The van der Waals surface area contributed by atoms with Gasteiger partial charge < -0.3 is 11.1 Å². The van der Waals surface area contributed by atoms with E-state index in [1.165, 1.54) is 17.3 Å². The van der Waals surface area contributed by atoms with E-state index < -0.39 is 0 Å². The number of carbonyl (C=O) groups excluding carboxylic acids is 1. The van der Waals surface area contributed by atoms with Crippen LogP contribution < -0.4 is 11.1 Å². The zero-order valence-corrected chi connectivity index (χ0v) is 13.4. The molecule has 3 N–H and O–H groups in total. The number of thioether (sulfide) groups is 1. The van der Waals surface area contributed by atoms with Crippen molar-refractivity contribution in [2.24, 2.45) is 0 Å². The summed E-state index contributed by atoms with van der Waals surface area (Å²) in [6.45, 7) is 0. The molecule has 2 rings (SSSR count). The standard InChI is InChI=1S/C15H14Cl2N2OS/c16-12-6-11(18)7-13(17)15(12)19-14(20)9-21-8-10-4-2-1-3-5-10/h1-7H,8-9,18H2,(H,19,20). The van der Waals surface area contributed by atoms with Crippen molar-refractivity contribution < 1.29 is 4.79 Å². The molecule has 0 radical (unpaired) electrons. The number of benzene rings is 2. The highest BCUT2D eigenvalue weighted by Gasteiger charge is 2.11. The summed E-state index contributed by atoms with van der Waals surface area (Å²) in [4.78, 5) is 11.9. The fourth-order valence-electron chi connectivity index (χ4n) is 1.72. The number of anilines is 2. The first-order chi connectivity index (χ1) is 10.1. The quantitative estimate of drug-likeness (QED) is 0.790. The van der Waals surface area contributed by atoms with Crippen LogP contribution in [0.4, 0.5) is 11.4 Å². The summed E-state index contributed by atoms with van der Waals surface area (Å²) >= 11 is 13.6. The van der Waals surface area contributed by atoms with Gasteiger partial charge in [0.2, 0.25) is 5.91 Å². The van der Waals surface area contributed by atoms with Gasteiger partial charge in [0.25, 0.3) is 0 Å². The molecular formula is C15H14Cl2N2OS. The lowest BCUT2D eigenvalue weighted by molar-refractivity contribution is -0.113. The van der Waals surface area contributed by atoms with Crippen molar-refractivity contribution in [2.45, 2.75) is 5.75 Å². The molecule has 3 nitrogen and oxygen atoms in total. The maximum Gasteiger partial charge on any atom is 0.234 e. The van der Waals surface area contributed by atoms with Crippen LogP contribution in [0, 0.1) is 0 Å². The van der Waals surface area contributed by atoms with Crippen LogP contribution in [0.25, 0.3) is 0 Å². The van der Waals surface area contributed by atoms with Gasteiger partial charge in [0.1, 0.15) is 0 Å². The van der Waals surface area contributed by atoms with Crippen molar-refractivity contribution in [1.82, 2.24) is 0 Å². The molecule has 0 saturated carbocycles. The Bertz CT molecular complexity index is 612. The first kappa shape index (κ1) is 16.0. The molecule has 0 heterocycles. The molecule has 2 aromatic carbocycles. The van der Waals surface area contributed by atoms with Crippen molar-refractivity contribution >= 4 is 52.2 Å². The fraction of sp³-hybridized carbons (Fsp3) is 0.133. The average Bonchev–Trinajstić information content (AvgIpc) is 2.44. The van der Waals surface area contributed by atoms with Crippen LogP contribution in [0.15, 0.2) is 42.5 Å². The summed E-state index contributed by atoms with van der Waals surface area (Å²) in [6.07, 6.45) is 0. The fourth-order valence-corrected chi connectivity index (χ4v) is 3.11. The Kier molecular flexibility index (Phi) is 5.79. The summed E-state index contributed by atoms with van der Waals surface area (Å²) in [5.74, 6) is 0.952. The van der Waals surface area contributed by atoms with Gasteiger partial charge in [0, 0.05) is 11.4 Å². The van der Waals surface area contributed by atoms with Gasteiger partial charge in [-0.25, -0.2) is 0 Å². The second-order valence-electron chi connectivity index (χ2n) is 4.39. The number of nitrogens with two attached hydrogens (primary N) is 1. The minimum absolute atomic E-state index is 0.149. The Morgan fingerprint density at radius 2 is 1.76 bits per heavy atom. The monoisotopic (exact) mass is 340 g/mol. The van der Waals surface area contributed by atoms with Crippen LogP contribution in [0.2, 0.25) is 10.0 Å².